The molecule has 0 aliphatic carbocycles. The molecule has 0 saturated carbocycles. The Balaban J connectivity index is 1.19. The standard InChI is InChI=1S/C21H23FN8O11P2S/c22-9-2-29(17-12(9)19(32)27-6-25-17)20-10-1-8(38-20)3-36-42(33,34)41-15-11(4-37-43(35,44)40-10)39-21(14(15)31)30-7-28-13-16(23)24-5-26-18(13)30/h2,5-8,10-11,14-15,20-21,31H,1,3-4H2,(H,33,34)(H,35,44)(H2,23,24,26)(H,25,27,32)/t8-,10+,11+,14+,15+,20+,21+,43?/m0/s1. The summed E-state index contributed by atoms with van der Waals surface area (Å²) in [6.07, 6.45) is -4.74. The summed E-state index contributed by atoms with van der Waals surface area (Å²) in [7, 11) is -4.92. The number of nitrogens with two attached hydrogens (primary N) is 1. The average molecular weight is 676 g/mol. The Labute approximate surface area is 249 Å². The maximum atomic E-state index is 14.7. The number of nitrogens with one attached hydrogen (secondary N) is 1. The van der Waals surface area contributed by atoms with Crippen molar-refractivity contribution in [2.75, 3.05) is 18.9 Å². The number of imidazole rings is 1. The summed E-state index contributed by atoms with van der Waals surface area (Å²) >= 11 is 4.08. The van der Waals surface area contributed by atoms with Gasteiger partial charge in [-0.1, -0.05) is 12.2 Å². The number of fused-ring (bicyclic) bond motifs is 5. The number of aromatic amines is 1. The van der Waals surface area contributed by atoms with Crippen molar-refractivity contribution in [3.8, 4) is 0 Å². The van der Waals surface area contributed by atoms with Crippen molar-refractivity contribution in [1.82, 2.24) is 34.1 Å². The van der Waals surface area contributed by atoms with Crippen LogP contribution in [0.3, 0.4) is 0 Å². The van der Waals surface area contributed by atoms with E-state index in [1.807, 2.05) is 0 Å². The van der Waals surface area contributed by atoms with E-state index >= 15 is 0 Å². The smallest absolute Gasteiger partial charge is 0.386 e. The molecule has 2 bridgehead atoms. The number of hydrogen-bond donors (Lipinski definition) is 5. The number of halogens is 1. The minimum atomic E-state index is -4.92. The van der Waals surface area contributed by atoms with E-state index in [0.29, 0.717) is 0 Å². The molecule has 44 heavy (non-hydrogen) atoms. The Bertz CT molecular complexity index is 1910. The van der Waals surface area contributed by atoms with Crippen LogP contribution in [0.15, 0.2) is 30.0 Å². The van der Waals surface area contributed by atoms with Crippen LogP contribution in [-0.2, 0) is 36.7 Å². The van der Waals surface area contributed by atoms with Gasteiger partial charge in [0.1, 0.15) is 41.6 Å². The molecule has 3 fully saturated rings. The molecule has 4 aromatic rings. The first kappa shape index (κ1) is 29.9. The van der Waals surface area contributed by atoms with E-state index in [9.17, 15) is 28.3 Å². The number of nitrogen functional groups attached to an aromatic ring is 1. The zero-order valence-electron chi connectivity index (χ0n) is 22.0. The molecule has 3 saturated heterocycles. The van der Waals surface area contributed by atoms with E-state index in [0.717, 1.165) is 12.5 Å². The third kappa shape index (κ3) is 5.27. The fourth-order valence-electron chi connectivity index (χ4n) is 5.41. The van der Waals surface area contributed by atoms with Crippen LogP contribution in [0.4, 0.5) is 10.2 Å². The zero-order valence-corrected chi connectivity index (χ0v) is 24.7. The Morgan fingerprint density at radius 1 is 1.05 bits per heavy atom. The summed E-state index contributed by atoms with van der Waals surface area (Å²) in [4.78, 5) is 41.2. The predicted octanol–water partition coefficient (Wildman–Crippen LogP) is 0.787. The maximum absolute atomic E-state index is 14.7. The molecule has 0 radical (unpaired) electrons. The Kier molecular flexibility index (Phi) is 7.41. The summed E-state index contributed by atoms with van der Waals surface area (Å²) < 4.78 is 77.3. The van der Waals surface area contributed by atoms with Crippen LogP contribution in [0.2, 0.25) is 0 Å². The highest BCUT2D eigenvalue weighted by molar-refractivity contribution is 8.44. The quantitative estimate of drug-likeness (QED) is 0.145. The number of aromatic nitrogens is 7. The number of H-pyrrole nitrogens is 1. The largest absolute Gasteiger partial charge is 0.472 e. The molecule has 4 aromatic heterocycles. The fourth-order valence-corrected chi connectivity index (χ4v) is 7.88. The summed E-state index contributed by atoms with van der Waals surface area (Å²) in [6, 6.07) is 0. The van der Waals surface area contributed by atoms with Gasteiger partial charge < -0.3 is 34.8 Å². The molecule has 0 spiro atoms. The number of rotatable bonds is 2. The monoisotopic (exact) mass is 676 g/mol. The van der Waals surface area contributed by atoms with E-state index in [2.05, 4.69) is 37.2 Å². The number of phosphoric ester groups is 1. The maximum Gasteiger partial charge on any atom is 0.472 e. The molecule has 3 aliphatic rings. The van der Waals surface area contributed by atoms with Crippen molar-refractivity contribution in [3.05, 3.63) is 41.3 Å². The molecule has 23 heteroatoms. The lowest BCUT2D eigenvalue weighted by atomic mass is 10.1. The van der Waals surface area contributed by atoms with Crippen molar-refractivity contribution in [1.29, 1.82) is 0 Å². The number of hydrogen-bond acceptors (Lipinski definition) is 15. The molecule has 2 unspecified atom stereocenters. The van der Waals surface area contributed by atoms with Crippen molar-refractivity contribution in [3.63, 3.8) is 0 Å². The number of nitrogens with zero attached hydrogens (tertiary/aromatic N) is 6. The number of thiol groups is 1. The normalized spacial score (nSPS) is 36.6. The van der Waals surface area contributed by atoms with Crippen molar-refractivity contribution in [2.45, 2.75) is 49.4 Å². The minimum Gasteiger partial charge on any atom is -0.386 e. The fraction of sp³-hybridized carbons (Fsp3) is 0.476. The molecule has 9 atom stereocenters. The molecule has 5 N–H and O–H groups in total. The number of aliphatic hydroxyl groups excluding tert-OH is 1. The number of anilines is 1. The van der Waals surface area contributed by atoms with Crippen LogP contribution in [-0.4, -0.2) is 87.8 Å². The molecule has 0 amide bonds. The highest BCUT2D eigenvalue weighted by Gasteiger charge is 2.51. The second kappa shape index (κ2) is 10.9. The third-order valence-electron chi connectivity index (χ3n) is 7.31. The first-order chi connectivity index (χ1) is 20.9. The van der Waals surface area contributed by atoms with Gasteiger partial charge in [-0.2, -0.15) is 0 Å². The number of phosphoric acid groups is 1. The van der Waals surface area contributed by atoms with Crippen LogP contribution >= 0.6 is 26.9 Å². The van der Waals surface area contributed by atoms with E-state index in [1.165, 1.54) is 21.8 Å². The van der Waals surface area contributed by atoms with Gasteiger partial charge in [0.2, 0.25) is 0 Å². The first-order valence-electron chi connectivity index (χ1n) is 12.9. The second-order valence-corrected chi connectivity index (χ2v) is 14.4. The van der Waals surface area contributed by atoms with Gasteiger partial charge in [0, 0.05) is 12.6 Å². The zero-order chi connectivity index (χ0) is 31.0. The minimum absolute atomic E-state index is 0.0678. The van der Waals surface area contributed by atoms with Gasteiger partial charge in [-0.05, 0) is 0 Å². The van der Waals surface area contributed by atoms with Gasteiger partial charge in [-0.3, -0.25) is 27.5 Å². The molecule has 7 heterocycles. The summed E-state index contributed by atoms with van der Waals surface area (Å²) in [5.74, 6) is -0.833. The Hall–Kier alpha value is -2.81. The van der Waals surface area contributed by atoms with E-state index < -0.39 is 82.2 Å². The first-order valence-corrected chi connectivity index (χ1v) is 17.1. The van der Waals surface area contributed by atoms with Gasteiger partial charge >= 0.3 is 14.6 Å². The van der Waals surface area contributed by atoms with Crippen molar-refractivity contribution < 1.29 is 51.1 Å². The topological polar surface area (TPSA) is 250 Å². The van der Waals surface area contributed by atoms with Crippen LogP contribution in [0, 0.1) is 5.82 Å². The molecular weight excluding hydrogens is 653 g/mol. The lowest BCUT2D eigenvalue weighted by molar-refractivity contribution is -0.0608. The van der Waals surface area contributed by atoms with Crippen LogP contribution in [0.5, 0.6) is 0 Å². The average Bonchev–Trinajstić information content (AvgIpc) is 3.72. The number of aliphatic hydroxyl groups is 1. The molecule has 7 rings (SSSR count). The van der Waals surface area contributed by atoms with E-state index in [-0.39, 0.29) is 34.4 Å². The Morgan fingerprint density at radius 3 is 2.68 bits per heavy atom. The predicted molar refractivity (Wildman–Crippen MR) is 147 cm³/mol. The van der Waals surface area contributed by atoms with E-state index in [1.54, 1.807) is 0 Å². The lowest BCUT2D eigenvalue weighted by Crippen LogP contribution is -2.36. The van der Waals surface area contributed by atoms with Crippen LogP contribution in [0.25, 0.3) is 22.2 Å². The van der Waals surface area contributed by atoms with Crippen molar-refractivity contribution >= 4 is 54.9 Å². The SMILES string of the molecule is Nc1ncnc2c1ncn2[C@@H]1O[C@@H]2COP(=O)(S)O[C@@H]3C[C@@H](COP(=O)(O)O[C@H]2[C@H]1O)O[C@H]3n1cc(F)c2c(=O)[nH]cnc21. The Morgan fingerprint density at radius 2 is 1.86 bits per heavy atom. The van der Waals surface area contributed by atoms with Crippen LogP contribution < -0.4 is 11.3 Å². The molecule has 3 aliphatic heterocycles. The van der Waals surface area contributed by atoms with Gasteiger partial charge in [0.05, 0.1) is 32.0 Å². The summed E-state index contributed by atoms with van der Waals surface area (Å²) in [5, 5.41) is 10.8. The van der Waals surface area contributed by atoms with Crippen LogP contribution in [0.1, 0.15) is 18.9 Å². The second-order valence-electron chi connectivity index (χ2n) is 10.1. The third-order valence-corrected chi connectivity index (χ3v) is 9.93. The van der Waals surface area contributed by atoms with Gasteiger partial charge in [-0.15, -0.1) is 0 Å². The molecular formula is C21H23FN8O11P2S. The van der Waals surface area contributed by atoms with Gasteiger partial charge in [-0.25, -0.2) is 33.5 Å². The molecule has 19 nitrogen and oxygen atoms in total. The highest BCUT2D eigenvalue weighted by Crippen LogP contribution is 2.58. The molecule has 0 aromatic carbocycles. The van der Waals surface area contributed by atoms with Gasteiger partial charge in [0.25, 0.3) is 5.56 Å². The lowest BCUT2D eigenvalue weighted by Gasteiger charge is -2.26. The van der Waals surface area contributed by atoms with E-state index in [4.69, 9.17) is 33.3 Å². The van der Waals surface area contributed by atoms with Crippen molar-refractivity contribution in [2.24, 2.45) is 0 Å². The summed E-state index contributed by atoms with van der Waals surface area (Å²) in [6.45, 7) is -5.43. The molecule has 236 valence electrons. The highest BCUT2D eigenvalue weighted by atomic mass is 32.7. The summed E-state index contributed by atoms with van der Waals surface area (Å²) in [5.41, 5.74) is 5.42. The van der Waals surface area contributed by atoms with Gasteiger partial charge in [0.15, 0.2) is 35.4 Å². The number of ether oxygens (including phenoxy) is 2.